The topological polar surface area (TPSA) is 35.5 Å². The summed E-state index contributed by atoms with van der Waals surface area (Å²) >= 11 is 0. The molecular formula is C21H25F6N5. The van der Waals surface area contributed by atoms with E-state index < -0.39 is 23.7 Å². The van der Waals surface area contributed by atoms with Crippen LogP contribution < -0.4 is 14.7 Å². The van der Waals surface area contributed by atoms with Crippen molar-refractivity contribution in [3.63, 3.8) is 0 Å². The van der Waals surface area contributed by atoms with Crippen LogP contribution in [0.15, 0.2) is 30.3 Å². The molecule has 0 bridgehead atoms. The minimum atomic E-state index is -4.69. The molecule has 1 unspecified atom stereocenters. The minimum Gasteiger partial charge on any atom is -0.368 e. The highest BCUT2D eigenvalue weighted by atomic mass is 19.4. The van der Waals surface area contributed by atoms with Crippen LogP contribution in [-0.4, -0.2) is 49.7 Å². The van der Waals surface area contributed by atoms with Gasteiger partial charge >= 0.3 is 12.4 Å². The number of anilines is 3. The van der Waals surface area contributed by atoms with Gasteiger partial charge in [0.1, 0.15) is 11.6 Å². The Morgan fingerprint density at radius 1 is 1.00 bits per heavy atom. The van der Waals surface area contributed by atoms with E-state index in [4.69, 9.17) is 0 Å². The van der Waals surface area contributed by atoms with Crippen LogP contribution >= 0.6 is 0 Å². The number of piperazine rings is 1. The number of hydrogen-bond acceptors (Lipinski definition) is 5. The first-order valence-corrected chi connectivity index (χ1v) is 10.2. The zero-order chi connectivity index (χ0) is 23.7. The number of rotatable bonds is 5. The molecular weight excluding hydrogens is 436 g/mol. The van der Waals surface area contributed by atoms with Crippen molar-refractivity contribution in [3.05, 3.63) is 41.7 Å². The molecule has 11 heteroatoms. The molecule has 0 amide bonds. The van der Waals surface area contributed by atoms with E-state index >= 15 is 0 Å². The Kier molecular flexibility index (Phi) is 6.75. The van der Waals surface area contributed by atoms with Gasteiger partial charge in [-0.1, -0.05) is 19.4 Å². The maximum atomic E-state index is 13.4. The van der Waals surface area contributed by atoms with Gasteiger partial charge in [0.25, 0.3) is 0 Å². The average molecular weight is 461 g/mol. The first-order valence-electron chi connectivity index (χ1n) is 10.2. The van der Waals surface area contributed by atoms with Crippen LogP contribution in [0.5, 0.6) is 0 Å². The maximum Gasteiger partial charge on any atom is 0.451 e. The van der Waals surface area contributed by atoms with E-state index in [0.29, 0.717) is 31.7 Å². The van der Waals surface area contributed by atoms with E-state index in [0.717, 1.165) is 18.6 Å². The van der Waals surface area contributed by atoms with Gasteiger partial charge < -0.3 is 14.7 Å². The van der Waals surface area contributed by atoms with Gasteiger partial charge in [0, 0.05) is 51.5 Å². The highest BCUT2D eigenvalue weighted by Gasteiger charge is 2.37. The van der Waals surface area contributed by atoms with Gasteiger partial charge in [-0.15, -0.1) is 0 Å². The SMILES string of the molecule is CCCC1CN(c2cccc(C(F)(F)F)c2)CCN1c1cc(N(C)C)nc(C(F)(F)F)n1. The number of nitrogens with zero attached hydrogens (tertiary/aromatic N) is 5. The van der Waals surface area contributed by atoms with Crippen molar-refractivity contribution in [1.29, 1.82) is 0 Å². The Morgan fingerprint density at radius 3 is 2.31 bits per heavy atom. The lowest BCUT2D eigenvalue weighted by Gasteiger charge is -2.43. The van der Waals surface area contributed by atoms with Crippen LogP contribution in [0, 0.1) is 0 Å². The van der Waals surface area contributed by atoms with Crippen molar-refractivity contribution >= 4 is 17.3 Å². The third-order valence-corrected chi connectivity index (χ3v) is 5.35. The molecule has 0 saturated carbocycles. The monoisotopic (exact) mass is 461 g/mol. The summed E-state index contributed by atoms with van der Waals surface area (Å²) in [6, 6.07) is 6.40. The van der Waals surface area contributed by atoms with Gasteiger partial charge in [-0.05, 0) is 24.6 Å². The molecule has 0 aliphatic carbocycles. The zero-order valence-electron chi connectivity index (χ0n) is 18.0. The predicted octanol–water partition coefficient (Wildman–Crippen LogP) is 5.08. The van der Waals surface area contributed by atoms with E-state index in [9.17, 15) is 26.3 Å². The first kappa shape index (κ1) is 23.9. The van der Waals surface area contributed by atoms with E-state index in [1.54, 1.807) is 25.1 Å². The summed E-state index contributed by atoms with van der Waals surface area (Å²) in [7, 11) is 3.20. The number of aromatic nitrogens is 2. The van der Waals surface area contributed by atoms with Crippen molar-refractivity contribution in [2.24, 2.45) is 0 Å². The Hall–Kier alpha value is -2.72. The molecule has 1 aromatic carbocycles. The van der Waals surface area contributed by atoms with Gasteiger partial charge in [0.15, 0.2) is 0 Å². The second-order valence-corrected chi connectivity index (χ2v) is 7.93. The third-order valence-electron chi connectivity index (χ3n) is 5.35. The number of alkyl halides is 6. The molecule has 1 aliphatic heterocycles. The Bertz CT molecular complexity index is 928. The number of halogens is 6. The zero-order valence-corrected chi connectivity index (χ0v) is 18.0. The molecule has 1 aromatic heterocycles. The minimum absolute atomic E-state index is 0.137. The molecule has 1 atom stereocenters. The van der Waals surface area contributed by atoms with Crippen LogP contribution in [0.3, 0.4) is 0 Å². The van der Waals surface area contributed by atoms with E-state index in [-0.39, 0.29) is 17.7 Å². The predicted molar refractivity (Wildman–Crippen MR) is 111 cm³/mol. The Morgan fingerprint density at radius 2 is 1.72 bits per heavy atom. The van der Waals surface area contributed by atoms with Crippen molar-refractivity contribution in [2.75, 3.05) is 48.4 Å². The smallest absolute Gasteiger partial charge is 0.368 e. The molecule has 32 heavy (non-hydrogen) atoms. The van der Waals surface area contributed by atoms with Crippen molar-refractivity contribution < 1.29 is 26.3 Å². The van der Waals surface area contributed by atoms with Crippen molar-refractivity contribution in [3.8, 4) is 0 Å². The van der Waals surface area contributed by atoms with Crippen molar-refractivity contribution in [2.45, 2.75) is 38.2 Å². The summed E-state index contributed by atoms with van der Waals surface area (Å²) < 4.78 is 79.5. The summed E-state index contributed by atoms with van der Waals surface area (Å²) in [5, 5.41) is 0. The standard InChI is InChI=1S/C21H25F6N5/c1-4-6-16-13-31(15-8-5-7-14(11-15)20(22,23)24)9-10-32(16)18-12-17(30(2)3)28-19(29-18)21(25,26)27/h5,7-8,11-12,16H,4,6,9-10,13H2,1-3H3. The van der Waals surface area contributed by atoms with E-state index in [2.05, 4.69) is 9.97 Å². The van der Waals surface area contributed by atoms with E-state index in [1.165, 1.54) is 17.0 Å². The maximum absolute atomic E-state index is 13.4. The van der Waals surface area contributed by atoms with Crippen molar-refractivity contribution in [1.82, 2.24) is 9.97 Å². The number of benzene rings is 1. The van der Waals surface area contributed by atoms with E-state index in [1.807, 2.05) is 11.8 Å². The fourth-order valence-electron chi connectivity index (χ4n) is 3.78. The molecule has 2 heterocycles. The lowest BCUT2D eigenvalue weighted by Crippen LogP contribution is -2.54. The highest BCUT2D eigenvalue weighted by molar-refractivity contribution is 5.55. The van der Waals surface area contributed by atoms with Gasteiger partial charge in [0.2, 0.25) is 5.82 Å². The normalized spacial score (nSPS) is 17.6. The Labute approximate surface area is 182 Å². The third kappa shape index (κ3) is 5.36. The van der Waals surface area contributed by atoms with Crippen LogP contribution in [-0.2, 0) is 12.4 Å². The van der Waals surface area contributed by atoms with Gasteiger partial charge in [-0.2, -0.15) is 26.3 Å². The average Bonchev–Trinajstić information content (AvgIpc) is 2.72. The largest absolute Gasteiger partial charge is 0.451 e. The molecule has 0 N–H and O–H groups in total. The number of hydrogen-bond donors (Lipinski definition) is 0. The summed E-state index contributed by atoms with van der Waals surface area (Å²) in [4.78, 5) is 12.5. The molecule has 176 valence electrons. The highest BCUT2D eigenvalue weighted by Crippen LogP contribution is 2.34. The fraction of sp³-hybridized carbons (Fsp3) is 0.524. The second-order valence-electron chi connectivity index (χ2n) is 7.93. The van der Waals surface area contributed by atoms with Crippen LogP contribution in [0.2, 0.25) is 0 Å². The second kappa shape index (κ2) is 9.03. The van der Waals surface area contributed by atoms with Crippen LogP contribution in [0.25, 0.3) is 0 Å². The molecule has 1 fully saturated rings. The molecule has 5 nitrogen and oxygen atoms in total. The summed E-state index contributed by atoms with van der Waals surface area (Å²) in [6.45, 7) is 3.00. The molecule has 2 aromatic rings. The molecule has 3 rings (SSSR count). The van der Waals surface area contributed by atoms with Crippen LogP contribution in [0.4, 0.5) is 43.7 Å². The lowest BCUT2D eigenvalue weighted by molar-refractivity contribution is -0.144. The van der Waals surface area contributed by atoms with Gasteiger partial charge in [-0.3, -0.25) is 0 Å². The summed E-state index contributed by atoms with van der Waals surface area (Å²) in [6.07, 6.45) is -7.73. The molecule has 1 saturated heterocycles. The Balaban J connectivity index is 1.92. The molecule has 1 aliphatic rings. The summed E-state index contributed by atoms with van der Waals surface area (Å²) in [5.74, 6) is -0.912. The van der Waals surface area contributed by atoms with Crippen LogP contribution in [0.1, 0.15) is 31.2 Å². The quantitative estimate of drug-likeness (QED) is 0.581. The first-order chi connectivity index (χ1) is 14.9. The fourth-order valence-corrected chi connectivity index (χ4v) is 3.78. The molecule has 0 spiro atoms. The molecule has 0 radical (unpaired) electrons. The summed E-state index contributed by atoms with van der Waals surface area (Å²) in [5.41, 5.74) is -0.293. The van der Waals surface area contributed by atoms with Gasteiger partial charge in [-0.25, -0.2) is 9.97 Å². The van der Waals surface area contributed by atoms with Gasteiger partial charge in [0.05, 0.1) is 5.56 Å². The lowest BCUT2D eigenvalue weighted by atomic mass is 10.0.